The predicted octanol–water partition coefficient (Wildman–Crippen LogP) is 2.82. The van der Waals surface area contributed by atoms with E-state index >= 15 is 0 Å². The number of aliphatic hydroxyl groups excluding tert-OH is 1. The number of aromatic nitrogens is 2. The van der Waals surface area contributed by atoms with Crippen LogP contribution in [-0.2, 0) is 12.8 Å². The quantitative estimate of drug-likeness (QED) is 0.925. The van der Waals surface area contributed by atoms with Crippen molar-refractivity contribution in [1.82, 2.24) is 9.59 Å². The summed E-state index contributed by atoms with van der Waals surface area (Å²) < 4.78 is 16.9. The molecule has 0 radical (unpaired) electrons. The maximum atomic E-state index is 13.0. The van der Waals surface area contributed by atoms with Crippen LogP contribution in [0.15, 0.2) is 18.2 Å². The fourth-order valence-corrected chi connectivity index (χ4v) is 2.63. The zero-order chi connectivity index (χ0) is 13.1. The molecule has 3 nitrogen and oxygen atoms in total. The summed E-state index contributed by atoms with van der Waals surface area (Å²) in [7, 11) is 0. The third kappa shape index (κ3) is 2.73. The molecule has 1 aromatic carbocycles. The van der Waals surface area contributed by atoms with Gasteiger partial charge in [0.15, 0.2) is 0 Å². The Labute approximate surface area is 109 Å². The van der Waals surface area contributed by atoms with Crippen LogP contribution in [0.25, 0.3) is 0 Å². The summed E-state index contributed by atoms with van der Waals surface area (Å²) in [5.74, 6) is -0.251. The van der Waals surface area contributed by atoms with E-state index in [0.29, 0.717) is 6.42 Å². The average molecular weight is 266 g/mol. The van der Waals surface area contributed by atoms with Crippen LogP contribution in [0.4, 0.5) is 4.39 Å². The molecule has 0 bridgehead atoms. The van der Waals surface area contributed by atoms with Gasteiger partial charge in [0.1, 0.15) is 5.82 Å². The molecule has 18 heavy (non-hydrogen) atoms. The van der Waals surface area contributed by atoms with Crippen molar-refractivity contribution in [2.45, 2.75) is 32.8 Å². The number of halogens is 1. The number of rotatable bonds is 4. The van der Waals surface area contributed by atoms with Crippen LogP contribution in [0.3, 0.4) is 0 Å². The summed E-state index contributed by atoms with van der Waals surface area (Å²) in [5.41, 5.74) is 2.64. The second kappa shape index (κ2) is 5.54. The van der Waals surface area contributed by atoms with Gasteiger partial charge in [-0.15, -0.1) is 5.10 Å². The Hall–Kier alpha value is -1.33. The van der Waals surface area contributed by atoms with Crippen molar-refractivity contribution in [2.24, 2.45) is 0 Å². The number of benzene rings is 1. The molecular formula is C13H15FN2OS. The Morgan fingerprint density at radius 3 is 2.89 bits per heavy atom. The monoisotopic (exact) mass is 266 g/mol. The molecule has 0 aliphatic heterocycles. The standard InChI is InChI=1S/C13H15FN2OS/c1-3-11-13(18-16-15-11)12(17)7-9-4-5-10(14)6-8(9)2/h4-6,12,17H,3,7H2,1-2H3. The minimum Gasteiger partial charge on any atom is -0.387 e. The van der Waals surface area contributed by atoms with Gasteiger partial charge in [-0.2, -0.15) is 0 Å². The Morgan fingerprint density at radius 2 is 2.22 bits per heavy atom. The smallest absolute Gasteiger partial charge is 0.123 e. The number of aryl methyl sites for hydroxylation is 2. The Balaban J connectivity index is 2.18. The lowest BCUT2D eigenvalue weighted by atomic mass is 10.0. The van der Waals surface area contributed by atoms with Crippen LogP contribution < -0.4 is 0 Å². The highest BCUT2D eigenvalue weighted by molar-refractivity contribution is 7.05. The number of nitrogens with zero attached hydrogens (tertiary/aromatic N) is 2. The average Bonchev–Trinajstić information content (AvgIpc) is 2.81. The molecule has 0 spiro atoms. The fraction of sp³-hybridized carbons (Fsp3) is 0.385. The third-order valence-electron chi connectivity index (χ3n) is 2.94. The maximum absolute atomic E-state index is 13.0. The number of hydrogen-bond acceptors (Lipinski definition) is 4. The van der Waals surface area contributed by atoms with Gasteiger partial charge < -0.3 is 5.11 Å². The Bertz CT molecular complexity index is 542. The summed E-state index contributed by atoms with van der Waals surface area (Å²) in [4.78, 5) is 0.807. The summed E-state index contributed by atoms with van der Waals surface area (Å²) in [6.45, 7) is 3.83. The van der Waals surface area contributed by atoms with Crippen LogP contribution in [0, 0.1) is 12.7 Å². The lowest BCUT2D eigenvalue weighted by Gasteiger charge is -2.11. The van der Waals surface area contributed by atoms with Crippen molar-refractivity contribution < 1.29 is 9.50 Å². The van der Waals surface area contributed by atoms with E-state index < -0.39 is 6.10 Å². The molecule has 2 aromatic rings. The summed E-state index contributed by atoms with van der Waals surface area (Å²) >= 11 is 1.23. The van der Waals surface area contributed by atoms with Crippen LogP contribution in [0.1, 0.15) is 34.7 Å². The van der Waals surface area contributed by atoms with Crippen LogP contribution in [-0.4, -0.2) is 14.7 Å². The molecule has 0 aliphatic rings. The minimum absolute atomic E-state index is 0.251. The van der Waals surface area contributed by atoms with Gasteiger partial charge in [0.25, 0.3) is 0 Å². The molecule has 0 saturated carbocycles. The van der Waals surface area contributed by atoms with Gasteiger partial charge in [0, 0.05) is 6.42 Å². The van der Waals surface area contributed by atoms with Crippen molar-refractivity contribution in [1.29, 1.82) is 0 Å². The molecular weight excluding hydrogens is 251 g/mol. The summed E-state index contributed by atoms with van der Waals surface area (Å²) in [6, 6.07) is 4.61. The predicted molar refractivity (Wildman–Crippen MR) is 69.1 cm³/mol. The zero-order valence-electron chi connectivity index (χ0n) is 10.4. The van der Waals surface area contributed by atoms with E-state index in [0.717, 1.165) is 28.1 Å². The largest absolute Gasteiger partial charge is 0.387 e. The molecule has 1 heterocycles. The minimum atomic E-state index is -0.621. The first-order chi connectivity index (χ1) is 8.61. The second-order valence-electron chi connectivity index (χ2n) is 4.23. The highest BCUT2D eigenvalue weighted by atomic mass is 32.1. The van der Waals surface area contributed by atoms with Crippen molar-refractivity contribution >= 4 is 11.5 Å². The van der Waals surface area contributed by atoms with Gasteiger partial charge in [0.2, 0.25) is 0 Å². The SMILES string of the molecule is CCc1nnsc1C(O)Cc1ccc(F)cc1C. The van der Waals surface area contributed by atoms with E-state index in [2.05, 4.69) is 9.59 Å². The summed E-state index contributed by atoms with van der Waals surface area (Å²) in [5, 5.41) is 14.2. The normalized spacial score (nSPS) is 12.7. The van der Waals surface area contributed by atoms with E-state index in [1.807, 2.05) is 13.8 Å². The Morgan fingerprint density at radius 1 is 1.44 bits per heavy atom. The van der Waals surface area contributed by atoms with E-state index in [1.165, 1.54) is 23.7 Å². The van der Waals surface area contributed by atoms with Gasteiger partial charge >= 0.3 is 0 Å². The molecule has 1 atom stereocenters. The zero-order valence-corrected chi connectivity index (χ0v) is 11.2. The van der Waals surface area contributed by atoms with Gasteiger partial charge in [-0.25, -0.2) is 4.39 Å². The topological polar surface area (TPSA) is 46.0 Å². The van der Waals surface area contributed by atoms with Crippen molar-refractivity contribution in [2.75, 3.05) is 0 Å². The lowest BCUT2D eigenvalue weighted by molar-refractivity contribution is 0.181. The lowest BCUT2D eigenvalue weighted by Crippen LogP contribution is -2.04. The van der Waals surface area contributed by atoms with Gasteiger partial charge in [-0.1, -0.05) is 17.5 Å². The van der Waals surface area contributed by atoms with Crippen LogP contribution in [0.2, 0.25) is 0 Å². The molecule has 1 N–H and O–H groups in total. The molecule has 2 rings (SSSR count). The molecule has 96 valence electrons. The molecule has 1 unspecified atom stereocenters. The van der Waals surface area contributed by atoms with Gasteiger partial charge in [-0.05, 0) is 48.1 Å². The highest BCUT2D eigenvalue weighted by Crippen LogP contribution is 2.25. The van der Waals surface area contributed by atoms with E-state index in [1.54, 1.807) is 6.07 Å². The molecule has 1 aromatic heterocycles. The van der Waals surface area contributed by atoms with Crippen LogP contribution >= 0.6 is 11.5 Å². The van der Waals surface area contributed by atoms with Crippen molar-refractivity contribution in [3.63, 3.8) is 0 Å². The van der Waals surface area contributed by atoms with Crippen molar-refractivity contribution in [3.05, 3.63) is 45.7 Å². The molecule has 0 fully saturated rings. The number of aliphatic hydroxyl groups is 1. The van der Waals surface area contributed by atoms with E-state index in [4.69, 9.17) is 0 Å². The third-order valence-corrected chi connectivity index (χ3v) is 3.81. The molecule has 0 aliphatic carbocycles. The second-order valence-corrected chi connectivity index (χ2v) is 5.01. The first-order valence-corrected chi connectivity index (χ1v) is 6.63. The first-order valence-electron chi connectivity index (χ1n) is 5.86. The van der Waals surface area contributed by atoms with Crippen LogP contribution in [0.5, 0.6) is 0 Å². The van der Waals surface area contributed by atoms with E-state index in [-0.39, 0.29) is 5.82 Å². The first kappa shape index (κ1) is 13.1. The molecule has 0 saturated heterocycles. The van der Waals surface area contributed by atoms with E-state index in [9.17, 15) is 9.50 Å². The number of hydrogen-bond donors (Lipinski definition) is 1. The molecule has 0 amide bonds. The van der Waals surface area contributed by atoms with Gasteiger partial charge in [0.05, 0.1) is 16.7 Å². The Kier molecular flexibility index (Phi) is 4.04. The van der Waals surface area contributed by atoms with Crippen molar-refractivity contribution in [3.8, 4) is 0 Å². The summed E-state index contributed by atoms with van der Waals surface area (Å²) in [6.07, 6.45) is 0.595. The highest BCUT2D eigenvalue weighted by Gasteiger charge is 2.17. The maximum Gasteiger partial charge on any atom is 0.123 e. The molecule has 5 heteroatoms. The fourth-order valence-electron chi connectivity index (χ4n) is 1.90. The van der Waals surface area contributed by atoms with Gasteiger partial charge in [-0.3, -0.25) is 0 Å².